The number of aromatic nitrogens is 4. The molecule has 0 spiro atoms. The van der Waals surface area contributed by atoms with E-state index in [1.165, 1.54) is 14.2 Å². The van der Waals surface area contributed by atoms with Crippen molar-refractivity contribution in [3.05, 3.63) is 71.5 Å². The van der Waals surface area contributed by atoms with E-state index in [0.717, 1.165) is 45.7 Å². The van der Waals surface area contributed by atoms with E-state index >= 15 is 0 Å². The van der Waals surface area contributed by atoms with Gasteiger partial charge in [-0.2, -0.15) is 0 Å². The summed E-state index contributed by atoms with van der Waals surface area (Å²) in [7, 11) is 2.56. The highest BCUT2D eigenvalue weighted by Crippen LogP contribution is 2.68. The number of nitrogens with zero attached hydrogens (tertiary/aromatic N) is 5. The molecule has 12 rings (SSSR count). The normalized spacial score (nSPS) is 33.8. The second-order valence-corrected chi connectivity index (χ2v) is 20.8. The van der Waals surface area contributed by atoms with Crippen LogP contribution in [-0.2, 0) is 14.3 Å². The van der Waals surface area contributed by atoms with Crippen molar-refractivity contribution in [3.63, 3.8) is 0 Å². The lowest BCUT2D eigenvalue weighted by atomic mass is 9.91. The summed E-state index contributed by atoms with van der Waals surface area (Å²) >= 11 is 6.78. The van der Waals surface area contributed by atoms with Gasteiger partial charge in [-0.25, -0.2) is 37.1 Å². The van der Waals surface area contributed by atoms with Gasteiger partial charge >= 0.3 is 12.2 Å². The predicted molar refractivity (Wildman–Crippen MR) is 232 cm³/mol. The van der Waals surface area contributed by atoms with Crippen LogP contribution in [0.4, 0.5) is 27.2 Å². The number of amides is 4. The number of hydrogen-bond acceptors (Lipinski definition) is 7. The average Bonchev–Trinajstić information content (AvgIpc) is 4.02. The summed E-state index contributed by atoms with van der Waals surface area (Å²) in [5, 5.41) is 12.9. The van der Waals surface area contributed by atoms with Crippen molar-refractivity contribution in [3.8, 4) is 33.6 Å². The Morgan fingerprint density at radius 2 is 1.25 bits per heavy atom. The van der Waals surface area contributed by atoms with E-state index in [1.54, 1.807) is 16.0 Å². The predicted octanol–water partition coefficient (Wildman–Crippen LogP) is 8.40. The first-order chi connectivity index (χ1) is 32.0. The van der Waals surface area contributed by atoms with Gasteiger partial charge in [-0.05, 0) is 91.7 Å². The lowest BCUT2D eigenvalue weighted by Gasteiger charge is -2.36. The van der Waals surface area contributed by atoms with Crippen LogP contribution in [-0.4, -0.2) is 114 Å². The number of carbonyl (C=O) groups is 4. The van der Waals surface area contributed by atoms with Crippen molar-refractivity contribution in [2.24, 2.45) is 47.3 Å². The lowest BCUT2D eigenvalue weighted by molar-refractivity contribution is -0.140. The van der Waals surface area contributed by atoms with Gasteiger partial charge in [0.15, 0.2) is 0 Å². The third-order valence-corrected chi connectivity index (χ3v) is 17.2. The maximum absolute atomic E-state index is 14.3. The molecule has 4 heterocycles. The number of likely N-dealkylation sites (N-methyl/N-ethyl adjacent to an activating group) is 1. The van der Waals surface area contributed by atoms with Crippen LogP contribution < -0.4 is 5.32 Å². The maximum atomic E-state index is 14.3. The fourth-order valence-corrected chi connectivity index (χ4v) is 13.2. The minimum Gasteiger partial charge on any atom is -0.465 e. The summed E-state index contributed by atoms with van der Waals surface area (Å²) in [6.07, 6.45) is 3.27. The number of imidazole rings is 2. The van der Waals surface area contributed by atoms with Gasteiger partial charge in [-0.1, -0.05) is 60.1 Å². The SMILES string of the molecule is COC(=O)NC(C(=O)N1[C@@H]2C[C@H]2C[C@H]1c1nc(-c2ccc(-c3ccc(-c4cnc([C@@H]5C[C@H]6C[C@H]6N5C(=O)C(C5C[C@@H]6[C@H](C5)C6(F)F)N(C)C(=O)O)[nH]4)cc3)cc2)c(Cl)[nH]1)C1C[C@@H]2[C@H](C1)C2(F)F. The zero-order valence-electron chi connectivity index (χ0n) is 36.6. The number of piperidine rings is 2. The molecule has 2 saturated heterocycles. The number of nitrogens with one attached hydrogen (secondary N) is 3. The zero-order chi connectivity index (χ0) is 46.6. The number of methoxy groups -OCH3 is 1. The second-order valence-electron chi connectivity index (χ2n) is 20.4. The highest BCUT2D eigenvalue weighted by atomic mass is 35.5. The number of H-pyrrole nitrogens is 2. The second kappa shape index (κ2) is 14.9. The topological polar surface area (TPSA) is 177 Å². The molecular weight excluding hydrogens is 896 g/mol. The van der Waals surface area contributed by atoms with E-state index in [1.807, 2.05) is 48.5 Å². The average molecular weight is 945 g/mol. The molecule has 4 amide bonds. The smallest absolute Gasteiger partial charge is 0.407 e. The number of likely N-dealkylation sites (tertiary alicyclic amines) is 2. The van der Waals surface area contributed by atoms with Crippen molar-refractivity contribution in [2.75, 3.05) is 14.2 Å². The van der Waals surface area contributed by atoms with Crippen molar-refractivity contribution in [1.29, 1.82) is 0 Å². The summed E-state index contributed by atoms with van der Waals surface area (Å²) < 4.78 is 61.3. The molecule has 0 bridgehead atoms. The molecule has 4 N–H and O–H groups in total. The molecule has 67 heavy (non-hydrogen) atoms. The van der Waals surface area contributed by atoms with E-state index in [-0.39, 0.29) is 67.5 Å². The Balaban J connectivity index is 0.723. The molecule has 6 aliphatic carbocycles. The summed E-state index contributed by atoms with van der Waals surface area (Å²) in [4.78, 5) is 73.9. The van der Waals surface area contributed by atoms with Crippen LogP contribution in [0.25, 0.3) is 33.6 Å². The quantitative estimate of drug-likeness (QED) is 0.108. The minimum atomic E-state index is -2.73. The molecule has 19 heteroatoms. The Morgan fingerprint density at radius 3 is 1.81 bits per heavy atom. The Hall–Kier alpha value is -5.65. The van der Waals surface area contributed by atoms with Crippen LogP contribution in [0.15, 0.2) is 54.7 Å². The molecule has 4 unspecified atom stereocenters. The van der Waals surface area contributed by atoms with E-state index in [4.69, 9.17) is 26.3 Å². The third kappa shape index (κ3) is 6.84. The standard InChI is InChI=1S/C48H49ClF4N8O6/c1-59(46(65)66)39(27-13-30-31(14-27)48(30,52)53)44(63)61-34-16-24(34)17-35(61)41-54-19-32(55-41)22-7-3-20(4-8-22)21-5-9-23(10-6-21)37-40(49)58-42(56-37)36-18-25-15-33(25)60(36)43(62)38(57-45(64)67-2)26-11-28-29(12-26)47(28,50)51/h3-10,19,24-31,33-36,38-39H,11-18H2,1-2H3,(H,54,55)(H,56,58)(H,57,64)(H,65,66)/t24-,25+,26?,27?,28-,29+,30-,31+,33-,34-,35+,36+,38?,39?/m1/s1. The molecule has 8 aliphatic rings. The van der Waals surface area contributed by atoms with Gasteiger partial charge < -0.3 is 34.9 Å². The molecule has 8 fully saturated rings. The van der Waals surface area contributed by atoms with Gasteiger partial charge in [-0.3, -0.25) is 14.5 Å². The van der Waals surface area contributed by atoms with Crippen molar-refractivity contribution >= 4 is 35.6 Å². The van der Waals surface area contributed by atoms with Crippen LogP contribution in [0, 0.1) is 47.3 Å². The van der Waals surface area contributed by atoms with Crippen molar-refractivity contribution in [1.82, 2.24) is 40.0 Å². The maximum Gasteiger partial charge on any atom is 0.407 e. The van der Waals surface area contributed by atoms with E-state index in [9.17, 15) is 41.8 Å². The summed E-state index contributed by atoms with van der Waals surface area (Å²) in [6, 6.07) is 12.8. The Kier molecular flexibility index (Phi) is 9.51. The van der Waals surface area contributed by atoms with E-state index in [0.29, 0.717) is 35.3 Å². The molecule has 6 saturated carbocycles. The molecular formula is C48H49ClF4N8O6. The molecule has 4 aromatic rings. The van der Waals surface area contributed by atoms with Crippen molar-refractivity contribution in [2.45, 2.75) is 99.5 Å². The van der Waals surface area contributed by atoms with Gasteiger partial charge in [0.25, 0.3) is 11.8 Å². The van der Waals surface area contributed by atoms with Gasteiger partial charge in [-0.15, -0.1) is 0 Å². The Bertz CT molecular complexity index is 2670. The number of alkyl carbamates (subject to hydrolysis) is 1. The first-order valence-corrected chi connectivity index (χ1v) is 23.6. The summed E-state index contributed by atoms with van der Waals surface area (Å²) in [6.45, 7) is 0. The first kappa shape index (κ1) is 42.7. The third-order valence-electron chi connectivity index (χ3n) is 16.9. The van der Waals surface area contributed by atoms with Crippen LogP contribution in [0.2, 0.25) is 5.15 Å². The number of carboxylic acid groups (broad SMARTS) is 1. The number of ether oxygens (including phenoxy) is 1. The monoisotopic (exact) mass is 944 g/mol. The highest BCUT2D eigenvalue weighted by Gasteiger charge is 2.74. The van der Waals surface area contributed by atoms with Gasteiger partial charge in [0.1, 0.15) is 34.6 Å². The summed E-state index contributed by atoms with van der Waals surface area (Å²) in [5.41, 5.74) is 4.79. The van der Waals surface area contributed by atoms with Crippen LogP contribution in [0.1, 0.15) is 75.1 Å². The van der Waals surface area contributed by atoms with Gasteiger partial charge in [0, 0.05) is 48.4 Å². The van der Waals surface area contributed by atoms with Gasteiger partial charge in [0.05, 0.1) is 31.1 Å². The number of halogens is 5. The van der Waals surface area contributed by atoms with Crippen LogP contribution >= 0.6 is 11.6 Å². The molecule has 2 aromatic heterocycles. The number of aromatic amines is 2. The zero-order valence-corrected chi connectivity index (χ0v) is 37.3. The molecule has 0 radical (unpaired) electrons. The number of carbonyl (C=O) groups excluding carboxylic acids is 3. The number of alkyl halides is 4. The molecule has 352 valence electrons. The van der Waals surface area contributed by atoms with E-state index in [2.05, 4.69) is 15.3 Å². The molecule has 2 aliphatic heterocycles. The number of rotatable bonds is 11. The summed E-state index contributed by atoms with van der Waals surface area (Å²) in [5.74, 6) is -8.41. The minimum absolute atomic E-state index is 0.0320. The fraction of sp³-hybridized carbons (Fsp3) is 0.542. The first-order valence-electron chi connectivity index (χ1n) is 23.2. The number of hydrogen-bond donors (Lipinski definition) is 4. The Morgan fingerprint density at radius 1 is 0.746 bits per heavy atom. The fourth-order valence-electron chi connectivity index (χ4n) is 13.0. The number of fused-ring (bicyclic) bond motifs is 4. The highest BCUT2D eigenvalue weighted by molar-refractivity contribution is 6.32. The lowest BCUT2D eigenvalue weighted by Crippen LogP contribution is -2.53. The van der Waals surface area contributed by atoms with Crippen LogP contribution in [0.3, 0.4) is 0 Å². The molecule has 14 nitrogen and oxygen atoms in total. The number of benzene rings is 2. The van der Waals surface area contributed by atoms with Crippen molar-refractivity contribution < 1.29 is 46.6 Å². The largest absolute Gasteiger partial charge is 0.465 e. The Labute approximate surface area is 387 Å². The van der Waals surface area contributed by atoms with Crippen LogP contribution in [0.5, 0.6) is 0 Å². The van der Waals surface area contributed by atoms with E-state index < -0.39 is 77.7 Å². The molecule has 14 atom stereocenters. The van der Waals surface area contributed by atoms with Gasteiger partial charge in [0.2, 0.25) is 11.8 Å². The molecule has 2 aromatic carbocycles.